The summed E-state index contributed by atoms with van der Waals surface area (Å²) in [6.07, 6.45) is 12.8. The maximum absolute atomic E-state index is 12.6. The Morgan fingerprint density at radius 3 is 2.87 bits per heavy atom. The van der Waals surface area contributed by atoms with Gasteiger partial charge in [-0.25, -0.2) is 0 Å². The molecule has 1 aliphatic carbocycles. The number of aromatic nitrogens is 1. The first kappa shape index (κ1) is 16.3. The quantitative estimate of drug-likeness (QED) is 0.721. The Labute approximate surface area is 139 Å². The van der Waals surface area contributed by atoms with E-state index in [-0.39, 0.29) is 11.8 Å². The summed E-state index contributed by atoms with van der Waals surface area (Å²) in [6, 6.07) is 0.241. The molecule has 1 aliphatic heterocycles. The van der Waals surface area contributed by atoms with Crippen LogP contribution in [0.1, 0.15) is 73.1 Å². The van der Waals surface area contributed by atoms with Gasteiger partial charge in [0, 0.05) is 24.8 Å². The Kier molecular flexibility index (Phi) is 5.21. The van der Waals surface area contributed by atoms with E-state index in [0.29, 0.717) is 0 Å². The molecule has 0 amide bonds. The van der Waals surface area contributed by atoms with E-state index in [1.165, 1.54) is 43.2 Å². The van der Waals surface area contributed by atoms with Crippen LogP contribution < -0.4 is 5.32 Å². The molecule has 0 fully saturated rings. The molecule has 1 aromatic heterocycles. The maximum Gasteiger partial charge on any atom is 0.225 e. The van der Waals surface area contributed by atoms with Crippen molar-refractivity contribution in [1.82, 2.24) is 15.2 Å². The highest BCUT2D eigenvalue weighted by molar-refractivity contribution is 6.09. The van der Waals surface area contributed by atoms with Gasteiger partial charge in [0.1, 0.15) is 0 Å². The topological polar surface area (TPSA) is 48.1 Å². The van der Waals surface area contributed by atoms with Crippen LogP contribution in [0.2, 0.25) is 0 Å². The van der Waals surface area contributed by atoms with Crippen LogP contribution in [0.4, 0.5) is 0 Å². The Balaban J connectivity index is 1.57. The molecule has 4 nitrogen and oxygen atoms in total. The van der Waals surface area contributed by atoms with Gasteiger partial charge in [-0.15, -0.1) is 0 Å². The van der Waals surface area contributed by atoms with Gasteiger partial charge in [-0.2, -0.15) is 0 Å². The van der Waals surface area contributed by atoms with Gasteiger partial charge >= 0.3 is 0 Å². The first-order chi connectivity index (χ1) is 11.2. The molecule has 1 atom stereocenters. The number of nitrogens with one attached hydrogen (secondary N) is 2. The van der Waals surface area contributed by atoms with Crippen molar-refractivity contribution in [3.63, 3.8) is 0 Å². The van der Waals surface area contributed by atoms with E-state index >= 15 is 0 Å². The first-order valence-electron chi connectivity index (χ1n) is 9.13. The molecule has 0 aromatic carbocycles. The van der Waals surface area contributed by atoms with E-state index in [9.17, 15) is 4.79 Å². The molecule has 2 N–H and O–H groups in total. The molecule has 0 bridgehead atoms. The van der Waals surface area contributed by atoms with Crippen LogP contribution in [0.25, 0.3) is 0 Å². The summed E-state index contributed by atoms with van der Waals surface area (Å²) in [5, 5.41) is 3.39. The zero-order chi connectivity index (χ0) is 16.2. The van der Waals surface area contributed by atoms with Crippen molar-refractivity contribution in [2.75, 3.05) is 20.1 Å². The lowest BCUT2D eigenvalue weighted by molar-refractivity contribution is 0.101. The minimum atomic E-state index is 0.129. The number of allylic oxidation sites excluding steroid dienone is 1. The van der Waals surface area contributed by atoms with Gasteiger partial charge in [0.25, 0.3) is 0 Å². The molecule has 2 heterocycles. The third kappa shape index (κ3) is 3.37. The minimum Gasteiger partial charge on any atom is -0.382 e. The molecule has 4 heteroatoms. The fourth-order valence-electron chi connectivity index (χ4n) is 3.71. The van der Waals surface area contributed by atoms with Gasteiger partial charge in [-0.3, -0.25) is 9.69 Å². The molecule has 0 radical (unpaired) electrons. The van der Waals surface area contributed by atoms with Gasteiger partial charge in [0.05, 0.1) is 17.4 Å². The second-order valence-electron chi connectivity index (χ2n) is 6.88. The molecule has 23 heavy (non-hydrogen) atoms. The Morgan fingerprint density at radius 1 is 1.26 bits per heavy atom. The number of ketones is 1. The number of unbranched alkanes of at least 4 members (excludes halogenated alkanes) is 5. The van der Waals surface area contributed by atoms with E-state index in [0.717, 1.165) is 37.3 Å². The van der Waals surface area contributed by atoms with Crippen molar-refractivity contribution in [3.05, 3.63) is 34.8 Å². The Hall–Kier alpha value is -1.55. The zero-order valence-corrected chi connectivity index (χ0v) is 14.5. The monoisotopic (exact) mass is 315 g/mol. The van der Waals surface area contributed by atoms with Crippen LogP contribution in [-0.2, 0) is 6.42 Å². The van der Waals surface area contributed by atoms with Gasteiger partial charge in [-0.05, 0) is 31.5 Å². The average molecular weight is 315 g/mol. The predicted molar refractivity (Wildman–Crippen MR) is 93.7 cm³/mol. The molecular weight excluding hydrogens is 286 g/mol. The van der Waals surface area contributed by atoms with E-state index < -0.39 is 0 Å². The van der Waals surface area contributed by atoms with Gasteiger partial charge in [0.2, 0.25) is 5.78 Å². The minimum absolute atomic E-state index is 0.129. The number of likely N-dealkylation sites (N-methyl/N-ethyl adjacent to an activating group) is 1. The third-order valence-electron chi connectivity index (χ3n) is 5.15. The summed E-state index contributed by atoms with van der Waals surface area (Å²) in [5.41, 5.74) is 4.08. The van der Waals surface area contributed by atoms with Gasteiger partial charge < -0.3 is 10.3 Å². The van der Waals surface area contributed by atoms with Gasteiger partial charge in [-0.1, -0.05) is 39.0 Å². The summed E-state index contributed by atoms with van der Waals surface area (Å²) in [7, 11) is 2.14. The number of Topliss-reactive ketones (excluding diaryl/α,β-unsaturated/α-hetero) is 1. The van der Waals surface area contributed by atoms with Crippen LogP contribution >= 0.6 is 0 Å². The number of carbonyl (C=O) groups is 1. The number of aromatic amines is 1. The van der Waals surface area contributed by atoms with E-state index in [1.807, 2.05) is 6.20 Å². The van der Waals surface area contributed by atoms with Crippen LogP contribution in [-0.4, -0.2) is 35.8 Å². The number of hydrogen-bond donors (Lipinski definition) is 2. The molecule has 1 unspecified atom stereocenters. The third-order valence-corrected chi connectivity index (χ3v) is 5.15. The van der Waals surface area contributed by atoms with Crippen molar-refractivity contribution in [1.29, 1.82) is 0 Å². The second-order valence-corrected chi connectivity index (χ2v) is 6.88. The molecule has 0 saturated heterocycles. The maximum atomic E-state index is 12.6. The first-order valence-corrected chi connectivity index (χ1v) is 9.13. The summed E-state index contributed by atoms with van der Waals surface area (Å²) in [5.74, 6) is 0.129. The highest BCUT2D eigenvalue weighted by Crippen LogP contribution is 2.37. The van der Waals surface area contributed by atoms with E-state index in [1.54, 1.807) is 0 Å². The van der Waals surface area contributed by atoms with Crippen molar-refractivity contribution >= 4 is 5.78 Å². The lowest BCUT2D eigenvalue weighted by Gasteiger charge is -2.34. The van der Waals surface area contributed by atoms with Crippen molar-refractivity contribution in [2.24, 2.45) is 0 Å². The molecule has 1 aromatic rings. The van der Waals surface area contributed by atoms with E-state index in [4.69, 9.17) is 0 Å². The summed E-state index contributed by atoms with van der Waals surface area (Å²) >= 11 is 0. The van der Waals surface area contributed by atoms with Crippen LogP contribution in [0.15, 0.2) is 18.0 Å². The lowest BCUT2D eigenvalue weighted by atomic mass is 9.88. The Bertz CT molecular complexity index is 587. The number of rotatable bonds is 8. The second kappa shape index (κ2) is 7.35. The number of hydrogen-bond acceptors (Lipinski definition) is 3. The fourth-order valence-corrected chi connectivity index (χ4v) is 3.71. The smallest absolute Gasteiger partial charge is 0.225 e. The lowest BCUT2D eigenvalue weighted by Crippen LogP contribution is -2.36. The molecule has 126 valence electrons. The Morgan fingerprint density at radius 2 is 2.04 bits per heavy atom. The predicted octanol–water partition coefficient (Wildman–Crippen LogP) is 3.57. The average Bonchev–Trinajstić information content (AvgIpc) is 2.98. The standard InChI is InChI=1S/C19H29N3O/c1-3-4-5-6-7-8-10-20-15-12-16-17-14(9-11-22(16)2)13-21-18(17)19(15)23/h12-13,16,20-21H,3-11H2,1-2H3. The summed E-state index contributed by atoms with van der Waals surface area (Å²) in [6.45, 7) is 4.18. The van der Waals surface area contributed by atoms with Crippen molar-refractivity contribution in [3.8, 4) is 0 Å². The summed E-state index contributed by atoms with van der Waals surface area (Å²) in [4.78, 5) is 18.2. The van der Waals surface area contributed by atoms with E-state index in [2.05, 4.69) is 35.2 Å². The number of nitrogens with zero attached hydrogens (tertiary/aromatic N) is 1. The molecule has 3 rings (SSSR count). The van der Waals surface area contributed by atoms with Crippen LogP contribution in [0, 0.1) is 0 Å². The molecule has 2 aliphatic rings. The molecule has 0 saturated carbocycles. The molecule has 0 spiro atoms. The van der Waals surface area contributed by atoms with Gasteiger partial charge in [0.15, 0.2) is 0 Å². The number of carbonyl (C=O) groups excluding carboxylic acids is 1. The molecular formula is C19H29N3O. The highest BCUT2D eigenvalue weighted by Gasteiger charge is 2.34. The SMILES string of the molecule is CCCCCCCCNC1=CC2c3c(c[nH]c3C1=O)CCN2C. The summed E-state index contributed by atoms with van der Waals surface area (Å²) < 4.78 is 0. The normalized spacial score (nSPS) is 20.3. The van der Waals surface area contributed by atoms with Crippen molar-refractivity contribution in [2.45, 2.75) is 57.9 Å². The largest absolute Gasteiger partial charge is 0.382 e. The van der Waals surface area contributed by atoms with Crippen LogP contribution in [0.3, 0.4) is 0 Å². The zero-order valence-electron chi connectivity index (χ0n) is 14.5. The van der Waals surface area contributed by atoms with Crippen molar-refractivity contribution < 1.29 is 4.79 Å². The number of H-pyrrole nitrogens is 1. The fraction of sp³-hybridized carbons (Fsp3) is 0.632. The highest BCUT2D eigenvalue weighted by atomic mass is 16.1. The van der Waals surface area contributed by atoms with Crippen LogP contribution in [0.5, 0.6) is 0 Å².